The Morgan fingerprint density at radius 3 is 2.23 bits per heavy atom. The van der Waals surface area contributed by atoms with Gasteiger partial charge >= 0.3 is 6.18 Å². The SMILES string of the molecule is CN(C)C(=O)c1ccc(OC2=C(Cl)C=C(C3(C(F)(F)F)CC3)CC2)cc1. The van der Waals surface area contributed by atoms with Crippen molar-refractivity contribution in [3.8, 4) is 5.75 Å². The van der Waals surface area contributed by atoms with E-state index in [1.807, 2.05) is 0 Å². The lowest BCUT2D eigenvalue weighted by Crippen LogP contribution is -2.27. The van der Waals surface area contributed by atoms with Crippen molar-refractivity contribution in [2.75, 3.05) is 14.1 Å². The van der Waals surface area contributed by atoms with Crippen molar-refractivity contribution in [2.45, 2.75) is 31.9 Å². The molecule has 0 saturated heterocycles. The van der Waals surface area contributed by atoms with Crippen LogP contribution in [0.3, 0.4) is 0 Å². The van der Waals surface area contributed by atoms with E-state index < -0.39 is 11.6 Å². The van der Waals surface area contributed by atoms with Crippen LogP contribution in [0.4, 0.5) is 13.2 Å². The first kappa shape index (κ1) is 18.8. The summed E-state index contributed by atoms with van der Waals surface area (Å²) in [6, 6.07) is 6.56. The maximum absolute atomic E-state index is 13.2. The predicted molar refractivity (Wildman–Crippen MR) is 93.0 cm³/mol. The molecule has 0 spiro atoms. The molecular weight excluding hydrogens is 367 g/mol. The van der Waals surface area contributed by atoms with Gasteiger partial charge in [0.15, 0.2) is 0 Å². The largest absolute Gasteiger partial charge is 0.460 e. The van der Waals surface area contributed by atoms with Gasteiger partial charge in [0, 0.05) is 26.1 Å². The molecule has 3 nitrogen and oxygen atoms in total. The number of hydrogen-bond acceptors (Lipinski definition) is 2. The second kappa shape index (κ2) is 6.65. The highest BCUT2D eigenvalue weighted by atomic mass is 35.5. The smallest absolute Gasteiger partial charge is 0.398 e. The fourth-order valence-corrected chi connectivity index (χ4v) is 3.39. The number of benzene rings is 1. The van der Waals surface area contributed by atoms with E-state index in [9.17, 15) is 18.0 Å². The van der Waals surface area contributed by atoms with E-state index in [1.54, 1.807) is 38.4 Å². The van der Waals surface area contributed by atoms with Crippen molar-refractivity contribution in [3.05, 3.63) is 52.3 Å². The molecule has 0 aliphatic heterocycles. The summed E-state index contributed by atoms with van der Waals surface area (Å²) in [5.41, 5.74) is -0.823. The topological polar surface area (TPSA) is 29.5 Å². The molecular formula is C19H19ClF3NO2. The van der Waals surface area contributed by atoms with Gasteiger partial charge in [-0.3, -0.25) is 4.79 Å². The molecule has 7 heteroatoms. The fraction of sp³-hybridized carbons (Fsp3) is 0.421. The van der Waals surface area contributed by atoms with Crippen molar-refractivity contribution < 1.29 is 22.7 Å². The molecule has 0 atom stereocenters. The van der Waals surface area contributed by atoms with Crippen LogP contribution in [0.2, 0.25) is 0 Å². The number of alkyl halides is 3. The minimum Gasteiger partial charge on any atom is -0.460 e. The second-order valence-corrected chi connectivity index (χ2v) is 7.25. The van der Waals surface area contributed by atoms with Crippen molar-refractivity contribution in [3.63, 3.8) is 0 Å². The average molecular weight is 386 g/mol. The van der Waals surface area contributed by atoms with Crippen LogP contribution < -0.4 is 4.74 Å². The van der Waals surface area contributed by atoms with Crippen LogP contribution in [-0.2, 0) is 0 Å². The minimum atomic E-state index is -4.23. The molecule has 1 aromatic carbocycles. The molecule has 2 aliphatic rings. The lowest BCUT2D eigenvalue weighted by atomic mass is 9.88. The standard InChI is InChI=1S/C19H19ClF3NO2/c1-24(2)17(25)12-3-6-14(7-4-12)26-16-8-5-13(11-15(16)20)18(9-10-18)19(21,22)23/h3-4,6-7,11H,5,8-10H2,1-2H3. The van der Waals surface area contributed by atoms with Crippen LogP contribution in [0.15, 0.2) is 46.7 Å². The third kappa shape index (κ3) is 3.47. The van der Waals surface area contributed by atoms with Crippen molar-refractivity contribution in [1.82, 2.24) is 4.90 Å². The van der Waals surface area contributed by atoms with Crippen LogP contribution in [-0.4, -0.2) is 31.1 Å². The van der Waals surface area contributed by atoms with Gasteiger partial charge in [-0.05, 0) is 49.6 Å². The molecule has 0 N–H and O–H groups in total. The van der Waals surface area contributed by atoms with Crippen LogP contribution in [0.25, 0.3) is 0 Å². The van der Waals surface area contributed by atoms with Gasteiger partial charge in [-0.1, -0.05) is 17.2 Å². The summed E-state index contributed by atoms with van der Waals surface area (Å²) in [6.07, 6.45) is -1.97. The Bertz CT molecular complexity index is 775. The zero-order valence-electron chi connectivity index (χ0n) is 14.5. The molecule has 1 aromatic rings. The third-order valence-corrected chi connectivity index (χ3v) is 5.16. The first-order valence-corrected chi connectivity index (χ1v) is 8.68. The number of nitrogens with zero attached hydrogens (tertiary/aromatic N) is 1. The molecule has 0 heterocycles. The highest BCUT2D eigenvalue weighted by Crippen LogP contribution is 2.64. The molecule has 1 fully saturated rings. The Kier molecular flexibility index (Phi) is 4.82. The molecule has 0 bridgehead atoms. The summed E-state index contributed by atoms with van der Waals surface area (Å²) < 4.78 is 45.5. The predicted octanol–water partition coefficient (Wildman–Crippen LogP) is 5.28. The highest BCUT2D eigenvalue weighted by Gasteiger charge is 2.65. The maximum atomic E-state index is 13.2. The van der Waals surface area contributed by atoms with E-state index in [0.29, 0.717) is 29.1 Å². The molecule has 2 aliphatic carbocycles. The lowest BCUT2D eigenvalue weighted by molar-refractivity contribution is -0.175. The van der Waals surface area contributed by atoms with Crippen LogP contribution in [0, 0.1) is 5.41 Å². The van der Waals surface area contributed by atoms with Gasteiger partial charge in [0.2, 0.25) is 0 Å². The number of amides is 1. The van der Waals surface area contributed by atoms with Crippen LogP contribution in [0.5, 0.6) is 5.75 Å². The number of allylic oxidation sites excluding steroid dienone is 4. The Morgan fingerprint density at radius 1 is 1.15 bits per heavy atom. The zero-order valence-corrected chi connectivity index (χ0v) is 15.2. The summed E-state index contributed by atoms with van der Waals surface area (Å²) in [6.45, 7) is 0. The van der Waals surface area contributed by atoms with Crippen molar-refractivity contribution in [2.24, 2.45) is 5.41 Å². The van der Waals surface area contributed by atoms with Gasteiger partial charge in [-0.2, -0.15) is 13.2 Å². The molecule has 1 saturated carbocycles. The van der Waals surface area contributed by atoms with E-state index in [1.165, 1.54) is 11.0 Å². The molecule has 1 amide bonds. The number of carbonyl (C=O) groups excluding carboxylic acids is 1. The van der Waals surface area contributed by atoms with Crippen LogP contribution >= 0.6 is 11.6 Å². The Balaban J connectivity index is 1.75. The second-order valence-electron chi connectivity index (χ2n) is 6.85. The first-order valence-electron chi connectivity index (χ1n) is 8.30. The van der Waals surface area contributed by atoms with Crippen LogP contribution in [0.1, 0.15) is 36.0 Å². The first-order chi connectivity index (χ1) is 12.1. The molecule has 26 heavy (non-hydrogen) atoms. The molecule has 140 valence electrons. The summed E-state index contributed by atoms with van der Waals surface area (Å²) in [5.74, 6) is 0.809. The zero-order chi connectivity index (χ0) is 19.1. The van der Waals surface area contributed by atoms with E-state index in [4.69, 9.17) is 16.3 Å². The van der Waals surface area contributed by atoms with Gasteiger partial charge in [0.1, 0.15) is 11.5 Å². The van der Waals surface area contributed by atoms with Gasteiger partial charge < -0.3 is 9.64 Å². The van der Waals surface area contributed by atoms with E-state index in [0.717, 1.165) is 0 Å². The summed E-state index contributed by atoms with van der Waals surface area (Å²) in [5, 5.41) is 0.204. The number of halogens is 4. The highest BCUT2D eigenvalue weighted by molar-refractivity contribution is 6.31. The number of hydrogen-bond donors (Lipinski definition) is 0. The Hall–Kier alpha value is -1.95. The maximum Gasteiger partial charge on any atom is 0.398 e. The van der Waals surface area contributed by atoms with E-state index in [2.05, 4.69) is 0 Å². The monoisotopic (exact) mass is 385 g/mol. The molecule has 0 unspecified atom stereocenters. The van der Waals surface area contributed by atoms with E-state index in [-0.39, 0.29) is 30.2 Å². The van der Waals surface area contributed by atoms with Gasteiger partial charge in [0.05, 0.1) is 10.4 Å². The lowest BCUT2D eigenvalue weighted by Gasteiger charge is -2.26. The molecule has 0 aromatic heterocycles. The minimum absolute atomic E-state index is 0.124. The van der Waals surface area contributed by atoms with Crippen molar-refractivity contribution in [1.29, 1.82) is 0 Å². The van der Waals surface area contributed by atoms with Gasteiger partial charge in [0.25, 0.3) is 5.91 Å². The quantitative estimate of drug-likeness (QED) is 0.705. The summed E-state index contributed by atoms with van der Waals surface area (Å²) >= 11 is 6.18. The average Bonchev–Trinajstić information content (AvgIpc) is 3.38. The summed E-state index contributed by atoms with van der Waals surface area (Å²) in [7, 11) is 3.33. The molecule has 0 radical (unpaired) electrons. The normalized spacial score (nSPS) is 19.1. The van der Waals surface area contributed by atoms with Gasteiger partial charge in [-0.25, -0.2) is 0 Å². The Morgan fingerprint density at radius 2 is 1.77 bits per heavy atom. The van der Waals surface area contributed by atoms with Crippen molar-refractivity contribution >= 4 is 17.5 Å². The fourth-order valence-electron chi connectivity index (χ4n) is 3.13. The number of carbonyl (C=O) groups is 1. The third-order valence-electron chi connectivity index (χ3n) is 4.84. The Labute approximate surface area is 155 Å². The van der Waals surface area contributed by atoms with Gasteiger partial charge in [-0.15, -0.1) is 0 Å². The summed E-state index contributed by atoms with van der Waals surface area (Å²) in [4.78, 5) is 13.3. The van der Waals surface area contributed by atoms with E-state index >= 15 is 0 Å². The number of rotatable bonds is 4. The number of ether oxygens (including phenoxy) is 1. The molecule has 3 rings (SSSR count).